The van der Waals surface area contributed by atoms with Crippen molar-refractivity contribution in [1.29, 1.82) is 0 Å². The van der Waals surface area contributed by atoms with Crippen molar-refractivity contribution in [3.05, 3.63) is 60.2 Å². The lowest BCUT2D eigenvalue weighted by molar-refractivity contribution is 0.301. The lowest BCUT2D eigenvalue weighted by Crippen LogP contribution is -2.35. The van der Waals surface area contributed by atoms with Crippen molar-refractivity contribution in [3.63, 3.8) is 0 Å². The van der Waals surface area contributed by atoms with Crippen molar-refractivity contribution in [3.8, 4) is 11.1 Å². The zero-order valence-electron chi connectivity index (χ0n) is 11.6. The molecule has 1 unspecified atom stereocenters. The molecule has 2 aromatic rings. The van der Waals surface area contributed by atoms with Crippen molar-refractivity contribution < 1.29 is 0 Å². The van der Waals surface area contributed by atoms with E-state index in [1.807, 2.05) is 18.2 Å². The van der Waals surface area contributed by atoms with Gasteiger partial charge >= 0.3 is 0 Å². The van der Waals surface area contributed by atoms with E-state index in [4.69, 9.17) is 11.5 Å². The minimum absolute atomic E-state index is 0.0395. The number of benzene rings is 2. The topological polar surface area (TPSA) is 52.0 Å². The van der Waals surface area contributed by atoms with Crippen LogP contribution in [-0.4, -0.2) is 6.54 Å². The summed E-state index contributed by atoms with van der Waals surface area (Å²) in [4.78, 5) is 0. The third-order valence-electron chi connectivity index (χ3n) is 3.74. The van der Waals surface area contributed by atoms with Gasteiger partial charge in [-0.15, -0.1) is 0 Å². The van der Waals surface area contributed by atoms with Crippen LogP contribution < -0.4 is 11.5 Å². The lowest BCUT2D eigenvalue weighted by Gasteiger charge is -2.30. The summed E-state index contributed by atoms with van der Waals surface area (Å²) in [6.45, 7) is 4.78. The van der Waals surface area contributed by atoms with Gasteiger partial charge < -0.3 is 11.5 Å². The van der Waals surface area contributed by atoms with Crippen LogP contribution in [0.2, 0.25) is 0 Å². The van der Waals surface area contributed by atoms with E-state index in [-0.39, 0.29) is 11.5 Å². The average molecular weight is 254 g/mol. The van der Waals surface area contributed by atoms with Crippen LogP contribution in [0.1, 0.15) is 25.5 Å². The van der Waals surface area contributed by atoms with Gasteiger partial charge in [0.15, 0.2) is 0 Å². The molecule has 2 heteroatoms. The maximum atomic E-state index is 6.29. The van der Waals surface area contributed by atoms with Crippen LogP contribution >= 0.6 is 0 Å². The monoisotopic (exact) mass is 254 g/mol. The van der Waals surface area contributed by atoms with Crippen LogP contribution in [0.15, 0.2) is 54.6 Å². The summed E-state index contributed by atoms with van der Waals surface area (Å²) in [5.41, 5.74) is 15.6. The Kier molecular flexibility index (Phi) is 4.03. The number of hydrogen-bond donors (Lipinski definition) is 2. The molecule has 1 atom stereocenters. The summed E-state index contributed by atoms with van der Waals surface area (Å²) in [5.74, 6) is 0. The third kappa shape index (κ3) is 3.03. The van der Waals surface area contributed by atoms with E-state index in [0.29, 0.717) is 6.54 Å². The standard InChI is InChI=1S/C17H22N2/c1-17(2,12-18)16(19)15-10-8-14(9-11-15)13-6-4-3-5-7-13/h3-11,16H,12,18-19H2,1-2H3. The fourth-order valence-corrected chi connectivity index (χ4v) is 2.09. The zero-order valence-corrected chi connectivity index (χ0v) is 11.6. The fourth-order valence-electron chi connectivity index (χ4n) is 2.09. The Balaban J connectivity index is 2.24. The van der Waals surface area contributed by atoms with E-state index in [1.165, 1.54) is 11.1 Å². The first kappa shape index (κ1) is 13.8. The van der Waals surface area contributed by atoms with Gasteiger partial charge in [-0.25, -0.2) is 0 Å². The lowest BCUT2D eigenvalue weighted by atomic mass is 9.81. The minimum atomic E-state index is -0.0890. The summed E-state index contributed by atoms with van der Waals surface area (Å²) < 4.78 is 0. The second kappa shape index (κ2) is 5.55. The second-order valence-corrected chi connectivity index (χ2v) is 5.66. The van der Waals surface area contributed by atoms with E-state index in [0.717, 1.165) is 5.56 Å². The van der Waals surface area contributed by atoms with Gasteiger partial charge in [-0.1, -0.05) is 68.4 Å². The fraction of sp³-hybridized carbons (Fsp3) is 0.294. The van der Waals surface area contributed by atoms with Crippen molar-refractivity contribution in [1.82, 2.24) is 0 Å². The Morgan fingerprint density at radius 3 is 1.95 bits per heavy atom. The first-order valence-electron chi connectivity index (χ1n) is 6.65. The van der Waals surface area contributed by atoms with Gasteiger partial charge in [-0.2, -0.15) is 0 Å². The summed E-state index contributed by atoms with van der Waals surface area (Å²) in [7, 11) is 0. The Hall–Kier alpha value is -1.64. The largest absolute Gasteiger partial charge is 0.330 e. The van der Waals surface area contributed by atoms with Crippen LogP contribution in [0, 0.1) is 5.41 Å². The molecular weight excluding hydrogens is 232 g/mol. The highest BCUT2D eigenvalue weighted by Crippen LogP contribution is 2.31. The molecular formula is C17H22N2. The van der Waals surface area contributed by atoms with E-state index in [9.17, 15) is 0 Å². The average Bonchev–Trinajstić information content (AvgIpc) is 2.47. The van der Waals surface area contributed by atoms with Gasteiger partial charge in [-0.05, 0) is 28.7 Å². The Bertz CT molecular complexity index is 515. The highest BCUT2D eigenvalue weighted by molar-refractivity contribution is 5.63. The van der Waals surface area contributed by atoms with Crippen LogP contribution in [0.4, 0.5) is 0 Å². The molecule has 0 aliphatic carbocycles. The molecule has 0 spiro atoms. The molecule has 2 nitrogen and oxygen atoms in total. The van der Waals surface area contributed by atoms with Gasteiger partial charge in [-0.3, -0.25) is 0 Å². The number of rotatable bonds is 4. The zero-order chi connectivity index (χ0) is 13.9. The molecule has 0 bridgehead atoms. The SMILES string of the molecule is CC(C)(CN)C(N)c1ccc(-c2ccccc2)cc1. The Labute approximate surface area is 115 Å². The Morgan fingerprint density at radius 2 is 1.42 bits per heavy atom. The normalized spacial score (nSPS) is 13.3. The van der Waals surface area contributed by atoms with Crippen LogP contribution in [0.3, 0.4) is 0 Å². The molecule has 2 rings (SSSR count). The molecule has 0 amide bonds. The molecule has 0 fully saturated rings. The predicted octanol–water partition coefficient (Wildman–Crippen LogP) is 3.34. The van der Waals surface area contributed by atoms with Gasteiger partial charge in [0.05, 0.1) is 0 Å². The van der Waals surface area contributed by atoms with Crippen molar-refractivity contribution >= 4 is 0 Å². The molecule has 100 valence electrons. The minimum Gasteiger partial charge on any atom is -0.330 e. The smallest absolute Gasteiger partial charge is 0.0358 e. The highest BCUT2D eigenvalue weighted by atomic mass is 14.7. The second-order valence-electron chi connectivity index (χ2n) is 5.66. The van der Waals surface area contributed by atoms with Gasteiger partial charge in [0.25, 0.3) is 0 Å². The molecule has 0 saturated heterocycles. The quantitative estimate of drug-likeness (QED) is 0.879. The molecule has 0 saturated carbocycles. The predicted molar refractivity (Wildman–Crippen MR) is 81.6 cm³/mol. The summed E-state index contributed by atoms with van der Waals surface area (Å²) >= 11 is 0. The van der Waals surface area contributed by atoms with Crippen LogP contribution in [0.25, 0.3) is 11.1 Å². The third-order valence-corrected chi connectivity index (χ3v) is 3.74. The van der Waals surface area contributed by atoms with E-state index in [2.05, 4.69) is 50.2 Å². The van der Waals surface area contributed by atoms with Crippen LogP contribution in [-0.2, 0) is 0 Å². The van der Waals surface area contributed by atoms with Gasteiger partial charge in [0, 0.05) is 6.04 Å². The molecule has 4 N–H and O–H groups in total. The maximum Gasteiger partial charge on any atom is 0.0358 e. The van der Waals surface area contributed by atoms with Crippen molar-refractivity contribution in [2.45, 2.75) is 19.9 Å². The van der Waals surface area contributed by atoms with Gasteiger partial charge in [0.2, 0.25) is 0 Å². The summed E-state index contributed by atoms with van der Waals surface area (Å²) in [6.07, 6.45) is 0. The molecule has 0 heterocycles. The van der Waals surface area contributed by atoms with Crippen molar-refractivity contribution in [2.24, 2.45) is 16.9 Å². The molecule has 0 aromatic heterocycles. The summed E-state index contributed by atoms with van der Waals surface area (Å²) in [6, 6.07) is 18.7. The first-order chi connectivity index (χ1) is 9.04. The van der Waals surface area contributed by atoms with Crippen molar-refractivity contribution in [2.75, 3.05) is 6.54 Å². The number of hydrogen-bond acceptors (Lipinski definition) is 2. The van der Waals surface area contributed by atoms with E-state index >= 15 is 0 Å². The van der Waals surface area contributed by atoms with Gasteiger partial charge in [0.1, 0.15) is 0 Å². The first-order valence-corrected chi connectivity index (χ1v) is 6.65. The maximum absolute atomic E-state index is 6.29. The van der Waals surface area contributed by atoms with E-state index in [1.54, 1.807) is 0 Å². The molecule has 0 radical (unpaired) electrons. The Morgan fingerprint density at radius 1 is 0.895 bits per heavy atom. The number of nitrogens with two attached hydrogens (primary N) is 2. The van der Waals surface area contributed by atoms with Crippen LogP contribution in [0.5, 0.6) is 0 Å². The highest BCUT2D eigenvalue weighted by Gasteiger charge is 2.25. The molecule has 2 aromatic carbocycles. The van der Waals surface area contributed by atoms with E-state index < -0.39 is 0 Å². The molecule has 0 aliphatic rings. The molecule has 0 aliphatic heterocycles. The summed E-state index contributed by atoms with van der Waals surface area (Å²) in [5, 5.41) is 0. The molecule has 19 heavy (non-hydrogen) atoms.